The smallest absolute Gasteiger partial charge is 0.167 e. The lowest BCUT2D eigenvalue weighted by atomic mass is 9.98. The molecular weight excluding hydrogens is 504 g/mol. The van der Waals surface area contributed by atoms with Crippen LogP contribution in [0, 0.1) is 5.92 Å². The number of piperidine rings is 1. The van der Waals surface area contributed by atoms with Gasteiger partial charge in [0, 0.05) is 54.1 Å². The monoisotopic (exact) mass is 540 g/mol. The van der Waals surface area contributed by atoms with Gasteiger partial charge < -0.3 is 10.2 Å². The van der Waals surface area contributed by atoms with Crippen molar-refractivity contribution >= 4 is 34.7 Å². The second-order valence-electron chi connectivity index (χ2n) is 11.5. The summed E-state index contributed by atoms with van der Waals surface area (Å²) in [4.78, 5) is 28.1. The van der Waals surface area contributed by atoms with Gasteiger partial charge >= 0.3 is 0 Å². The standard InChI is InChI=1S/C37H36N2O2/c1-26-19-21-39(22-20-26)35-17-11-30(12-18-35)36(40)23-27-5-13-33(14-6-27)38-34-15-7-28(8-16-34)24-37(41)32-10-9-29-3-2-4-31(29)25-32/h2,4-18,25-26,38H,3,19-24H2,1H3. The fourth-order valence-electron chi connectivity index (χ4n) is 5.70. The Labute approximate surface area is 242 Å². The molecule has 206 valence electrons. The van der Waals surface area contributed by atoms with Crippen LogP contribution in [0.1, 0.15) is 62.7 Å². The molecule has 0 radical (unpaired) electrons. The molecule has 2 aliphatic rings. The van der Waals surface area contributed by atoms with E-state index in [2.05, 4.69) is 47.5 Å². The maximum Gasteiger partial charge on any atom is 0.167 e. The summed E-state index contributed by atoms with van der Waals surface area (Å²) in [5, 5.41) is 3.41. The lowest BCUT2D eigenvalue weighted by Crippen LogP contribution is -2.32. The lowest BCUT2D eigenvalue weighted by Gasteiger charge is -2.32. The Hall–Kier alpha value is -4.44. The van der Waals surface area contributed by atoms with Crippen molar-refractivity contribution in [2.45, 2.75) is 39.0 Å². The molecule has 1 aliphatic heterocycles. The highest BCUT2D eigenvalue weighted by Crippen LogP contribution is 2.25. The predicted octanol–water partition coefficient (Wildman–Crippen LogP) is 8.09. The molecule has 0 aromatic heterocycles. The lowest BCUT2D eigenvalue weighted by molar-refractivity contribution is 0.0984. The van der Waals surface area contributed by atoms with Gasteiger partial charge in [0.15, 0.2) is 11.6 Å². The average molecular weight is 541 g/mol. The van der Waals surface area contributed by atoms with Gasteiger partial charge in [0.1, 0.15) is 0 Å². The number of Topliss-reactive ketones (excluding diaryl/α,β-unsaturated/α-hetero) is 2. The zero-order valence-electron chi connectivity index (χ0n) is 23.6. The van der Waals surface area contributed by atoms with Crippen molar-refractivity contribution in [1.29, 1.82) is 0 Å². The summed E-state index contributed by atoms with van der Waals surface area (Å²) < 4.78 is 0. The van der Waals surface area contributed by atoms with E-state index in [1.807, 2.05) is 72.8 Å². The van der Waals surface area contributed by atoms with E-state index >= 15 is 0 Å². The third-order valence-corrected chi connectivity index (χ3v) is 8.37. The number of ketones is 2. The van der Waals surface area contributed by atoms with Gasteiger partial charge in [-0.05, 0) is 102 Å². The Bertz CT molecular complexity index is 1560. The summed E-state index contributed by atoms with van der Waals surface area (Å²) >= 11 is 0. The molecule has 4 aromatic carbocycles. The molecule has 1 aliphatic carbocycles. The van der Waals surface area contributed by atoms with Gasteiger partial charge in [-0.3, -0.25) is 9.59 Å². The highest BCUT2D eigenvalue weighted by Gasteiger charge is 2.17. The summed E-state index contributed by atoms with van der Waals surface area (Å²) in [6.45, 7) is 4.50. The summed E-state index contributed by atoms with van der Waals surface area (Å²) in [5.74, 6) is 1.06. The van der Waals surface area contributed by atoms with Crippen molar-refractivity contribution in [2.24, 2.45) is 5.92 Å². The van der Waals surface area contributed by atoms with Crippen LogP contribution in [0.3, 0.4) is 0 Å². The third kappa shape index (κ3) is 6.49. The Morgan fingerprint density at radius 2 is 1.29 bits per heavy atom. The fourth-order valence-corrected chi connectivity index (χ4v) is 5.70. The SMILES string of the molecule is CC1CCN(c2ccc(C(=O)Cc3ccc(Nc4ccc(CC(=O)c5ccc6c(c5)C=CC6)cc4)cc3)cc2)CC1. The van der Waals surface area contributed by atoms with Gasteiger partial charge in [0.05, 0.1) is 0 Å². The Balaban J connectivity index is 1.01. The van der Waals surface area contributed by atoms with Gasteiger partial charge in [-0.1, -0.05) is 55.5 Å². The number of fused-ring (bicyclic) bond motifs is 1. The van der Waals surface area contributed by atoms with E-state index < -0.39 is 0 Å². The van der Waals surface area contributed by atoms with Gasteiger partial charge in [-0.2, -0.15) is 0 Å². The van der Waals surface area contributed by atoms with Crippen molar-refractivity contribution in [3.05, 3.63) is 130 Å². The number of rotatable bonds is 9. The summed E-state index contributed by atoms with van der Waals surface area (Å²) in [7, 11) is 0. The second kappa shape index (κ2) is 12.0. The van der Waals surface area contributed by atoms with Gasteiger partial charge in [0.25, 0.3) is 0 Å². The summed E-state index contributed by atoms with van der Waals surface area (Å²) in [5.41, 5.74) is 9.06. The number of nitrogens with zero attached hydrogens (tertiary/aromatic N) is 1. The number of hydrogen-bond acceptors (Lipinski definition) is 4. The highest BCUT2D eigenvalue weighted by atomic mass is 16.1. The van der Waals surface area contributed by atoms with Crippen LogP contribution in [0.4, 0.5) is 17.1 Å². The number of carbonyl (C=O) groups excluding carboxylic acids is 2. The van der Waals surface area contributed by atoms with Crippen molar-refractivity contribution in [1.82, 2.24) is 0 Å². The molecule has 0 spiro atoms. The van der Waals surface area contributed by atoms with Crippen molar-refractivity contribution < 1.29 is 9.59 Å². The quantitative estimate of drug-likeness (QED) is 0.218. The van der Waals surface area contributed by atoms with E-state index in [-0.39, 0.29) is 11.6 Å². The number of nitrogens with one attached hydrogen (secondary N) is 1. The maximum absolute atomic E-state index is 12.9. The first-order chi connectivity index (χ1) is 20.0. The van der Waals surface area contributed by atoms with E-state index in [1.165, 1.54) is 24.1 Å². The number of hydrogen-bond donors (Lipinski definition) is 1. The molecule has 0 bridgehead atoms. The number of carbonyl (C=O) groups is 2. The van der Waals surface area contributed by atoms with Gasteiger partial charge in [-0.15, -0.1) is 0 Å². The minimum atomic E-state index is 0.131. The molecule has 1 fully saturated rings. The Morgan fingerprint density at radius 3 is 1.90 bits per heavy atom. The fraction of sp³-hybridized carbons (Fsp3) is 0.243. The van der Waals surface area contributed by atoms with Crippen LogP contribution in [0.5, 0.6) is 0 Å². The topological polar surface area (TPSA) is 49.4 Å². The second-order valence-corrected chi connectivity index (χ2v) is 11.5. The largest absolute Gasteiger partial charge is 0.372 e. The molecule has 4 nitrogen and oxygen atoms in total. The minimum Gasteiger partial charge on any atom is -0.372 e. The number of anilines is 3. The van der Waals surface area contributed by atoms with Crippen molar-refractivity contribution in [3.8, 4) is 0 Å². The Morgan fingerprint density at radius 1 is 0.732 bits per heavy atom. The minimum absolute atomic E-state index is 0.131. The predicted molar refractivity (Wildman–Crippen MR) is 168 cm³/mol. The first-order valence-corrected chi connectivity index (χ1v) is 14.7. The van der Waals surface area contributed by atoms with E-state index in [0.717, 1.165) is 64.6 Å². The van der Waals surface area contributed by atoms with Gasteiger partial charge in [0.2, 0.25) is 0 Å². The molecule has 0 unspecified atom stereocenters. The first-order valence-electron chi connectivity index (χ1n) is 14.7. The molecule has 0 saturated carbocycles. The molecule has 4 aromatic rings. The molecule has 1 heterocycles. The third-order valence-electron chi connectivity index (χ3n) is 8.37. The van der Waals surface area contributed by atoms with Crippen molar-refractivity contribution in [3.63, 3.8) is 0 Å². The van der Waals surface area contributed by atoms with E-state index in [1.54, 1.807) is 0 Å². The van der Waals surface area contributed by atoms with Crippen LogP contribution in [-0.2, 0) is 19.3 Å². The Kier molecular flexibility index (Phi) is 7.82. The number of benzene rings is 4. The molecule has 6 rings (SSSR count). The molecular formula is C37H36N2O2. The van der Waals surface area contributed by atoms with E-state index in [9.17, 15) is 9.59 Å². The van der Waals surface area contributed by atoms with Crippen LogP contribution >= 0.6 is 0 Å². The molecule has 0 atom stereocenters. The van der Waals surface area contributed by atoms with Crippen molar-refractivity contribution in [2.75, 3.05) is 23.3 Å². The molecule has 1 saturated heterocycles. The maximum atomic E-state index is 12.9. The van der Waals surface area contributed by atoms with Gasteiger partial charge in [-0.25, -0.2) is 0 Å². The number of allylic oxidation sites excluding steroid dienone is 1. The molecule has 41 heavy (non-hydrogen) atoms. The zero-order chi connectivity index (χ0) is 28.2. The van der Waals surface area contributed by atoms with E-state index in [0.29, 0.717) is 12.8 Å². The van der Waals surface area contributed by atoms with Crippen LogP contribution in [0.15, 0.2) is 97.1 Å². The normalized spacial score (nSPS) is 14.6. The first kappa shape index (κ1) is 26.8. The van der Waals surface area contributed by atoms with Crippen LogP contribution in [-0.4, -0.2) is 24.7 Å². The highest BCUT2D eigenvalue weighted by molar-refractivity contribution is 5.98. The average Bonchev–Trinajstić information content (AvgIpc) is 3.48. The zero-order valence-corrected chi connectivity index (χ0v) is 23.6. The van der Waals surface area contributed by atoms with Crippen LogP contribution < -0.4 is 10.2 Å². The van der Waals surface area contributed by atoms with E-state index in [4.69, 9.17) is 0 Å². The summed E-state index contributed by atoms with van der Waals surface area (Å²) in [6.07, 6.45) is 8.39. The molecule has 4 heteroatoms. The summed E-state index contributed by atoms with van der Waals surface area (Å²) in [6, 6.07) is 30.1. The van der Waals surface area contributed by atoms with Crippen LogP contribution in [0.2, 0.25) is 0 Å². The van der Waals surface area contributed by atoms with Crippen LogP contribution in [0.25, 0.3) is 6.08 Å². The molecule has 1 N–H and O–H groups in total. The molecule has 0 amide bonds.